The normalized spacial score (nSPS) is 18.1. The third-order valence-electron chi connectivity index (χ3n) is 4.03. The maximum atomic E-state index is 12.5. The summed E-state index contributed by atoms with van der Waals surface area (Å²) in [6, 6.07) is 4.58. The zero-order valence-electron chi connectivity index (χ0n) is 14.5. The predicted octanol–water partition coefficient (Wildman–Crippen LogP) is 3.38. The smallest absolute Gasteiger partial charge is 0.387 e. The summed E-state index contributed by atoms with van der Waals surface area (Å²) < 4.78 is 35.1. The number of hydrogen-bond donors (Lipinski definition) is 1. The van der Waals surface area contributed by atoms with E-state index < -0.39 is 6.61 Å². The molecule has 1 aliphatic rings. The van der Waals surface area contributed by atoms with Gasteiger partial charge in [0.1, 0.15) is 5.75 Å². The second-order valence-corrected chi connectivity index (χ2v) is 6.23. The van der Waals surface area contributed by atoms with E-state index in [1.165, 1.54) is 12.1 Å². The maximum Gasteiger partial charge on any atom is 0.387 e. The number of benzene rings is 1. The lowest BCUT2D eigenvalue weighted by atomic mass is 10.1. The molecule has 5 nitrogen and oxygen atoms in total. The fraction of sp³-hybridized carbons (Fsp3) is 0.588. The van der Waals surface area contributed by atoms with E-state index in [1.54, 1.807) is 13.1 Å². The summed E-state index contributed by atoms with van der Waals surface area (Å²) >= 11 is 5.97. The molecule has 1 aromatic rings. The van der Waals surface area contributed by atoms with E-state index in [9.17, 15) is 8.78 Å². The summed E-state index contributed by atoms with van der Waals surface area (Å²) in [6.45, 7) is 2.59. The lowest BCUT2D eigenvalue weighted by molar-refractivity contribution is -0.0504. The molecule has 25 heavy (non-hydrogen) atoms. The number of nitrogens with one attached hydrogen (secondary N) is 1. The minimum atomic E-state index is -2.88. The number of halogens is 3. The van der Waals surface area contributed by atoms with Crippen molar-refractivity contribution < 1.29 is 18.3 Å². The standard InChI is InChI=1S/C17H24ClF2N3O2/c1-3-24-11-12-6-7-23(10-12)17(21-2)22-9-13-8-14(18)4-5-15(13)25-16(19)20/h4-5,8,12,16H,3,6-7,9-11H2,1-2H3,(H,21,22). The Kier molecular flexibility index (Phi) is 7.71. The van der Waals surface area contributed by atoms with Gasteiger partial charge in [-0.15, -0.1) is 0 Å². The molecule has 0 saturated carbocycles. The summed E-state index contributed by atoms with van der Waals surface area (Å²) in [5.74, 6) is 1.31. The molecule has 1 fully saturated rings. The van der Waals surface area contributed by atoms with E-state index in [1.807, 2.05) is 6.92 Å². The van der Waals surface area contributed by atoms with Gasteiger partial charge >= 0.3 is 6.61 Å². The molecular weight excluding hydrogens is 352 g/mol. The molecule has 0 bridgehead atoms. The van der Waals surface area contributed by atoms with Crippen molar-refractivity contribution in [2.75, 3.05) is 33.4 Å². The number of ether oxygens (including phenoxy) is 2. The minimum Gasteiger partial charge on any atom is -0.434 e. The summed E-state index contributed by atoms with van der Waals surface area (Å²) in [7, 11) is 1.70. The first-order valence-corrected chi connectivity index (χ1v) is 8.67. The second-order valence-electron chi connectivity index (χ2n) is 5.79. The Morgan fingerprint density at radius 3 is 2.96 bits per heavy atom. The van der Waals surface area contributed by atoms with Gasteiger partial charge in [-0.2, -0.15) is 8.78 Å². The van der Waals surface area contributed by atoms with E-state index in [0.29, 0.717) is 29.7 Å². The Hall–Kier alpha value is -1.60. The highest BCUT2D eigenvalue weighted by molar-refractivity contribution is 6.30. The van der Waals surface area contributed by atoms with Crippen molar-refractivity contribution >= 4 is 17.6 Å². The van der Waals surface area contributed by atoms with Gasteiger partial charge in [0.15, 0.2) is 5.96 Å². The van der Waals surface area contributed by atoms with Crippen LogP contribution in [0.4, 0.5) is 8.78 Å². The van der Waals surface area contributed by atoms with Gasteiger partial charge in [-0.25, -0.2) is 0 Å². The number of aliphatic imine (C=N–C) groups is 1. The highest BCUT2D eigenvalue weighted by atomic mass is 35.5. The Morgan fingerprint density at radius 2 is 2.28 bits per heavy atom. The fourth-order valence-electron chi connectivity index (χ4n) is 2.85. The monoisotopic (exact) mass is 375 g/mol. The highest BCUT2D eigenvalue weighted by Crippen LogP contribution is 2.25. The Bertz CT molecular complexity index is 587. The third kappa shape index (κ3) is 6.01. The molecule has 1 saturated heterocycles. The van der Waals surface area contributed by atoms with Crippen LogP contribution in [-0.2, 0) is 11.3 Å². The zero-order valence-corrected chi connectivity index (χ0v) is 15.2. The van der Waals surface area contributed by atoms with Crippen molar-refractivity contribution in [1.82, 2.24) is 10.2 Å². The lowest BCUT2D eigenvalue weighted by Crippen LogP contribution is -2.40. The Labute approximate surface area is 152 Å². The van der Waals surface area contributed by atoms with Crippen LogP contribution in [0.1, 0.15) is 18.9 Å². The molecule has 2 rings (SSSR count). The Morgan fingerprint density at radius 1 is 1.48 bits per heavy atom. The quantitative estimate of drug-likeness (QED) is 0.586. The SMILES string of the molecule is CCOCC1CCN(C(=NC)NCc2cc(Cl)ccc2OC(F)F)C1. The van der Waals surface area contributed by atoms with Crippen LogP contribution in [0, 0.1) is 5.92 Å². The summed E-state index contributed by atoms with van der Waals surface area (Å²) in [5, 5.41) is 3.66. The number of hydrogen-bond acceptors (Lipinski definition) is 3. The average Bonchev–Trinajstić information content (AvgIpc) is 3.04. The Balaban J connectivity index is 1.96. The first kappa shape index (κ1) is 19.7. The number of guanidine groups is 1. The molecule has 8 heteroatoms. The molecule has 0 spiro atoms. The van der Waals surface area contributed by atoms with Crippen molar-refractivity contribution in [3.8, 4) is 5.75 Å². The van der Waals surface area contributed by atoms with Crippen LogP contribution < -0.4 is 10.1 Å². The third-order valence-corrected chi connectivity index (χ3v) is 4.27. The van der Waals surface area contributed by atoms with Crippen LogP contribution >= 0.6 is 11.6 Å². The van der Waals surface area contributed by atoms with Gasteiger partial charge in [-0.3, -0.25) is 4.99 Å². The summed E-state index contributed by atoms with van der Waals surface area (Å²) in [5.41, 5.74) is 0.555. The van der Waals surface area contributed by atoms with Crippen molar-refractivity contribution in [1.29, 1.82) is 0 Å². The molecule has 1 heterocycles. The van der Waals surface area contributed by atoms with Gasteiger partial charge in [0.2, 0.25) is 0 Å². The number of rotatable bonds is 7. The van der Waals surface area contributed by atoms with Gasteiger partial charge in [0.25, 0.3) is 0 Å². The van der Waals surface area contributed by atoms with Crippen LogP contribution in [0.25, 0.3) is 0 Å². The van der Waals surface area contributed by atoms with Crippen molar-refractivity contribution in [2.45, 2.75) is 26.5 Å². The molecule has 140 valence electrons. The molecule has 1 atom stereocenters. The molecule has 1 aromatic carbocycles. The van der Waals surface area contributed by atoms with Crippen LogP contribution in [0.15, 0.2) is 23.2 Å². The maximum absolute atomic E-state index is 12.5. The molecule has 1 unspecified atom stereocenters. The molecule has 0 radical (unpaired) electrons. The molecule has 0 aliphatic carbocycles. The largest absolute Gasteiger partial charge is 0.434 e. The van der Waals surface area contributed by atoms with Gasteiger partial charge in [-0.1, -0.05) is 11.6 Å². The number of nitrogens with zero attached hydrogens (tertiary/aromatic N) is 2. The van der Waals surface area contributed by atoms with Crippen molar-refractivity contribution in [2.24, 2.45) is 10.9 Å². The summed E-state index contributed by atoms with van der Waals surface area (Å²) in [6.07, 6.45) is 1.04. The van der Waals surface area contributed by atoms with Crippen LogP contribution in [0.5, 0.6) is 5.75 Å². The molecule has 1 N–H and O–H groups in total. The topological polar surface area (TPSA) is 46.1 Å². The average molecular weight is 376 g/mol. The lowest BCUT2D eigenvalue weighted by Gasteiger charge is -2.22. The molecule has 1 aliphatic heterocycles. The fourth-order valence-corrected chi connectivity index (χ4v) is 3.04. The van der Waals surface area contributed by atoms with Gasteiger partial charge in [-0.05, 0) is 31.5 Å². The van der Waals surface area contributed by atoms with E-state index in [2.05, 4.69) is 19.9 Å². The van der Waals surface area contributed by atoms with Crippen LogP contribution in [0.2, 0.25) is 5.02 Å². The number of likely N-dealkylation sites (tertiary alicyclic amines) is 1. The van der Waals surface area contributed by atoms with E-state index in [0.717, 1.165) is 32.1 Å². The van der Waals surface area contributed by atoms with Crippen LogP contribution in [0.3, 0.4) is 0 Å². The first-order chi connectivity index (χ1) is 12.0. The highest BCUT2D eigenvalue weighted by Gasteiger charge is 2.25. The first-order valence-electron chi connectivity index (χ1n) is 8.30. The van der Waals surface area contributed by atoms with Gasteiger partial charge in [0.05, 0.1) is 6.61 Å². The van der Waals surface area contributed by atoms with Crippen LogP contribution in [-0.4, -0.2) is 50.8 Å². The number of alkyl halides is 2. The van der Waals surface area contributed by atoms with Gasteiger partial charge in [0, 0.05) is 49.8 Å². The zero-order chi connectivity index (χ0) is 18.2. The van der Waals surface area contributed by atoms with Gasteiger partial charge < -0.3 is 19.7 Å². The molecular formula is C17H24ClF2N3O2. The summed E-state index contributed by atoms with van der Waals surface area (Å²) in [4.78, 5) is 6.42. The van der Waals surface area contributed by atoms with Crippen molar-refractivity contribution in [3.63, 3.8) is 0 Å². The minimum absolute atomic E-state index is 0.109. The van der Waals surface area contributed by atoms with E-state index in [4.69, 9.17) is 16.3 Å². The second kappa shape index (κ2) is 9.77. The molecule has 0 aromatic heterocycles. The van der Waals surface area contributed by atoms with Crippen molar-refractivity contribution in [3.05, 3.63) is 28.8 Å². The van der Waals surface area contributed by atoms with E-state index in [-0.39, 0.29) is 5.75 Å². The predicted molar refractivity (Wildman–Crippen MR) is 94.5 cm³/mol. The van der Waals surface area contributed by atoms with E-state index >= 15 is 0 Å². The molecule has 0 amide bonds.